The van der Waals surface area contributed by atoms with Crippen LogP contribution in [-0.2, 0) is 6.18 Å². The number of ether oxygens (including phenoxy) is 1. The summed E-state index contributed by atoms with van der Waals surface area (Å²) in [6, 6.07) is 3.02. The normalized spacial score (nSPS) is 11.9. The first kappa shape index (κ1) is 18.5. The van der Waals surface area contributed by atoms with Crippen molar-refractivity contribution in [2.75, 3.05) is 7.11 Å². The quantitative estimate of drug-likeness (QED) is 0.466. The molecule has 0 saturated carbocycles. The second-order valence-electron chi connectivity index (χ2n) is 5.55. The highest BCUT2D eigenvalue weighted by atomic mass is 35.5. The van der Waals surface area contributed by atoms with Crippen molar-refractivity contribution in [3.8, 4) is 28.7 Å². The van der Waals surface area contributed by atoms with E-state index in [1.165, 1.54) is 29.8 Å². The fourth-order valence-electron chi connectivity index (χ4n) is 2.44. The van der Waals surface area contributed by atoms with Gasteiger partial charge >= 0.3 is 6.18 Å². The van der Waals surface area contributed by atoms with Crippen molar-refractivity contribution >= 4 is 28.8 Å². The lowest BCUT2D eigenvalue weighted by Crippen LogP contribution is -2.08. The molecular weight excluding hydrogens is 422 g/mol. The molecule has 0 fully saturated rings. The van der Waals surface area contributed by atoms with E-state index in [-0.39, 0.29) is 28.1 Å². The van der Waals surface area contributed by atoms with Gasteiger partial charge in [-0.2, -0.15) is 18.2 Å². The summed E-state index contributed by atoms with van der Waals surface area (Å²) in [7, 11) is 1.45. The Kier molecular flexibility index (Phi) is 4.39. The second kappa shape index (κ2) is 6.64. The van der Waals surface area contributed by atoms with Crippen molar-refractivity contribution < 1.29 is 22.4 Å². The van der Waals surface area contributed by atoms with E-state index in [1.54, 1.807) is 0 Å². The van der Waals surface area contributed by atoms with Crippen LogP contribution in [0.5, 0.6) is 5.75 Å². The fraction of sp³-hybridized carbons (Fsp3) is 0.125. The third-order valence-corrected chi connectivity index (χ3v) is 4.37. The molecule has 3 heterocycles. The lowest BCUT2D eigenvalue weighted by atomic mass is 10.2. The zero-order chi connectivity index (χ0) is 20.1. The van der Waals surface area contributed by atoms with E-state index in [0.29, 0.717) is 16.3 Å². The van der Waals surface area contributed by atoms with Gasteiger partial charge in [-0.3, -0.25) is 0 Å². The minimum atomic E-state index is -4.57. The summed E-state index contributed by atoms with van der Waals surface area (Å²) in [4.78, 5) is 11.7. The Morgan fingerprint density at radius 3 is 2.61 bits per heavy atom. The van der Waals surface area contributed by atoms with Crippen LogP contribution in [0.25, 0.3) is 28.6 Å². The number of aromatic nitrogens is 5. The van der Waals surface area contributed by atoms with Gasteiger partial charge in [0.05, 0.1) is 23.4 Å². The third-order valence-electron chi connectivity index (χ3n) is 3.76. The number of methoxy groups -OCH3 is 1. The zero-order valence-corrected chi connectivity index (χ0v) is 15.3. The summed E-state index contributed by atoms with van der Waals surface area (Å²) >= 11 is 12.3. The van der Waals surface area contributed by atoms with Crippen LogP contribution >= 0.6 is 23.2 Å². The molecule has 0 aliphatic heterocycles. The highest BCUT2D eigenvalue weighted by Crippen LogP contribution is 2.36. The average Bonchev–Trinajstić information content (AvgIpc) is 3.28. The van der Waals surface area contributed by atoms with Gasteiger partial charge in [-0.05, 0) is 6.07 Å². The van der Waals surface area contributed by atoms with Crippen LogP contribution in [0.2, 0.25) is 10.0 Å². The van der Waals surface area contributed by atoms with Crippen LogP contribution < -0.4 is 4.74 Å². The molecule has 0 N–H and O–H groups in total. The number of imidazole rings is 1. The molecular formula is C16H8Cl2F3N5O2. The standard InChI is InChI=1S/C16H8Cl2F3N5O2/c1-27-11-3-8(17)7(2-9(11)18)14-24-15(28-25-14)10-5-26-6-12(16(19,20)21)22-4-13(26)23-10/h2-6H,1H3. The minimum absolute atomic E-state index is 0.00438. The maximum atomic E-state index is 12.8. The molecule has 0 spiro atoms. The fourth-order valence-corrected chi connectivity index (χ4v) is 2.92. The Morgan fingerprint density at radius 1 is 1.11 bits per heavy atom. The number of benzene rings is 1. The topological polar surface area (TPSA) is 78.3 Å². The molecule has 0 bridgehead atoms. The van der Waals surface area contributed by atoms with Crippen LogP contribution in [0.4, 0.5) is 13.2 Å². The van der Waals surface area contributed by atoms with E-state index in [9.17, 15) is 13.2 Å². The van der Waals surface area contributed by atoms with Gasteiger partial charge in [0.15, 0.2) is 11.3 Å². The third kappa shape index (κ3) is 3.25. The number of nitrogens with zero attached hydrogens (tertiary/aromatic N) is 5. The summed E-state index contributed by atoms with van der Waals surface area (Å²) in [6.45, 7) is 0. The van der Waals surface area contributed by atoms with Crippen LogP contribution in [0.3, 0.4) is 0 Å². The lowest BCUT2D eigenvalue weighted by molar-refractivity contribution is -0.141. The van der Waals surface area contributed by atoms with E-state index in [2.05, 4.69) is 20.1 Å². The van der Waals surface area contributed by atoms with Crippen LogP contribution in [0.1, 0.15) is 5.69 Å². The Labute approximate surface area is 164 Å². The summed E-state index contributed by atoms with van der Waals surface area (Å²) < 4.78 is 49.8. The molecule has 0 aliphatic rings. The highest BCUT2D eigenvalue weighted by Gasteiger charge is 2.33. The first-order chi connectivity index (χ1) is 13.3. The molecule has 0 atom stereocenters. The number of fused-ring (bicyclic) bond motifs is 1. The number of rotatable bonds is 3. The van der Waals surface area contributed by atoms with E-state index >= 15 is 0 Å². The predicted molar refractivity (Wildman–Crippen MR) is 93.3 cm³/mol. The van der Waals surface area contributed by atoms with E-state index in [0.717, 1.165) is 12.4 Å². The van der Waals surface area contributed by atoms with Crippen molar-refractivity contribution in [1.29, 1.82) is 0 Å². The molecule has 4 aromatic rings. The second-order valence-corrected chi connectivity index (χ2v) is 6.37. The number of alkyl halides is 3. The lowest BCUT2D eigenvalue weighted by Gasteiger charge is -2.05. The zero-order valence-electron chi connectivity index (χ0n) is 13.8. The number of hydrogen-bond donors (Lipinski definition) is 0. The molecule has 0 radical (unpaired) electrons. The van der Waals surface area contributed by atoms with Gasteiger partial charge in [0.1, 0.15) is 11.4 Å². The van der Waals surface area contributed by atoms with Gasteiger partial charge in [-0.1, -0.05) is 28.4 Å². The van der Waals surface area contributed by atoms with Gasteiger partial charge < -0.3 is 13.7 Å². The Balaban J connectivity index is 1.73. The first-order valence-corrected chi connectivity index (χ1v) is 8.31. The van der Waals surface area contributed by atoms with Crippen molar-refractivity contribution in [1.82, 2.24) is 24.5 Å². The van der Waals surface area contributed by atoms with Crippen molar-refractivity contribution in [2.45, 2.75) is 6.18 Å². The van der Waals surface area contributed by atoms with E-state index < -0.39 is 11.9 Å². The number of halogens is 5. The number of hydrogen-bond acceptors (Lipinski definition) is 6. The molecule has 0 saturated heterocycles. The van der Waals surface area contributed by atoms with E-state index in [1.807, 2.05) is 0 Å². The van der Waals surface area contributed by atoms with Crippen LogP contribution in [0, 0.1) is 0 Å². The van der Waals surface area contributed by atoms with Gasteiger partial charge in [0.2, 0.25) is 5.82 Å². The predicted octanol–water partition coefficient (Wildman–Crippen LogP) is 4.78. The monoisotopic (exact) mass is 429 g/mol. The van der Waals surface area contributed by atoms with Gasteiger partial charge in [-0.25, -0.2) is 9.97 Å². The Morgan fingerprint density at radius 2 is 1.89 bits per heavy atom. The van der Waals surface area contributed by atoms with Gasteiger partial charge in [0, 0.05) is 24.0 Å². The molecule has 0 aliphatic carbocycles. The maximum absolute atomic E-state index is 12.8. The molecule has 0 amide bonds. The first-order valence-electron chi connectivity index (χ1n) is 7.55. The van der Waals surface area contributed by atoms with Crippen LogP contribution in [-0.4, -0.2) is 31.6 Å². The SMILES string of the molecule is COc1cc(Cl)c(-c2noc(-c3cn4cc(C(F)(F)F)ncc4n3)n2)cc1Cl. The van der Waals surface area contributed by atoms with Crippen molar-refractivity contribution in [3.63, 3.8) is 0 Å². The molecule has 0 unspecified atom stereocenters. The van der Waals surface area contributed by atoms with E-state index in [4.69, 9.17) is 32.5 Å². The molecule has 4 rings (SSSR count). The van der Waals surface area contributed by atoms with Gasteiger partial charge in [-0.15, -0.1) is 0 Å². The van der Waals surface area contributed by atoms with Crippen LogP contribution in [0.15, 0.2) is 35.2 Å². The summed E-state index contributed by atoms with van der Waals surface area (Å²) in [6.07, 6.45) is -1.42. The Bertz CT molecular complexity index is 1190. The summed E-state index contributed by atoms with van der Waals surface area (Å²) in [5.41, 5.74) is -0.286. The van der Waals surface area contributed by atoms with Crippen molar-refractivity contribution in [2.24, 2.45) is 0 Å². The largest absolute Gasteiger partial charge is 0.495 e. The molecule has 1 aromatic carbocycles. The molecule has 7 nitrogen and oxygen atoms in total. The smallest absolute Gasteiger partial charge is 0.434 e. The molecule has 12 heteroatoms. The highest BCUT2D eigenvalue weighted by molar-refractivity contribution is 6.36. The summed E-state index contributed by atoms with van der Waals surface area (Å²) in [5.74, 6) is 0.512. The van der Waals surface area contributed by atoms with Gasteiger partial charge in [0.25, 0.3) is 5.89 Å². The molecule has 3 aromatic heterocycles. The molecule has 28 heavy (non-hydrogen) atoms. The van der Waals surface area contributed by atoms with Crippen molar-refractivity contribution in [3.05, 3.63) is 46.5 Å². The maximum Gasteiger partial charge on any atom is 0.434 e. The average molecular weight is 430 g/mol. The minimum Gasteiger partial charge on any atom is -0.495 e. The summed E-state index contributed by atoms with van der Waals surface area (Å²) in [5, 5.41) is 4.41. The molecule has 144 valence electrons. The Hall–Kier alpha value is -2.85.